The van der Waals surface area contributed by atoms with Gasteiger partial charge in [0.1, 0.15) is 11.9 Å². The largest absolute Gasteiger partial charge is 0.496 e. The number of hydrogen-bond donors (Lipinski definition) is 0. The molecule has 3 nitrogen and oxygen atoms in total. The van der Waals surface area contributed by atoms with Crippen LogP contribution < -0.4 is 4.74 Å². The van der Waals surface area contributed by atoms with E-state index in [1.807, 2.05) is 32.9 Å². The van der Waals surface area contributed by atoms with Crippen molar-refractivity contribution in [3.05, 3.63) is 28.8 Å². The molecule has 1 rings (SSSR count). The molecule has 0 aliphatic rings. The summed E-state index contributed by atoms with van der Waals surface area (Å²) in [7, 11) is 1.58. The number of ketones is 1. The van der Waals surface area contributed by atoms with Gasteiger partial charge in [-0.3, -0.25) is 4.79 Å². The molecule has 0 fully saturated rings. The highest BCUT2D eigenvalue weighted by Crippen LogP contribution is 2.26. The number of carbonyl (C=O) groups is 1. The van der Waals surface area contributed by atoms with E-state index >= 15 is 0 Å². The van der Waals surface area contributed by atoms with Crippen LogP contribution in [0.5, 0.6) is 5.75 Å². The number of ether oxygens (including phenoxy) is 2. The quantitative estimate of drug-likeness (QED) is 0.737. The lowest BCUT2D eigenvalue weighted by Gasteiger charge is -2.16. The third-order valence-corrected chi connectivity index (χ3v) is 2.70. The Balaban J connectivity index is 3.16. The van der Waals surface area contributed by atoms with E-state index in [0.29, 0.717) is 17.9 Å². The molecule has 1 atom stereocenters. The van der Waals surface area contributed by atoms with E-state index in [1.165, 1.54) is 0 Å². The second-order valence-corrected chi connectivity index (χ2v) is 4.12. The molecular weight excluding hydrogens is 216 g/mol. The summed E-state index contributed by atoms with van der Waals surface area (Å²) >= 11 is 0. The summed E-state index contributed by atoms with van der Waals surface area (Å²) in [6, 6.07) is 3.85. The van der Waals surface area contributed by atoms with Gasteiger partial charge in [-0.05, 0) is 44.9 Å². The Morgan fingerprint density at radius 1 is 1.35 bits per heavy atom. The lowest BCUT2D eigenvalue weighted by Crippen LogP contribution is -2.22. The third-order valence-electron chi connectivity index (χ3n) is 2.70. The minimum atomic E-state index is -0.435. The lowest BCUT2D eigenvalue weighted by molar-refractivity contribution is 0.0517. The van der Waals surface area contributed by atoms with E-state index in [9.17, 15) is 4.79 Å². The average Bonchev–Trinajstić information content (AvgIpc) is 2.27. The van der Waals surface area contributed by atoms with Gasteiger partial charge in [0.05, 0.1) is 12.7 Å². The Labute approximate surface area is 103 Å². The Morgan fingerprint density at radius 3 is 2.53 bits per heavy atom. The molecule has 0 aliphatic carbocycles. The van der Waals surface area contributed by atoms with Crippen LogP contribution >= 0.6 is 0 Å². The predicted molar refractivity (Wildman–Crippen MR) is 67.9 cm³/mol. The van der Waals surface area contributed by atoms with Gasteiger partial charge in [0, 0.05) is 6.61 Å². The molecule has 0 spiro atoms. The zero-order valence-electron chi connectivity index (χ0n) is 11.2. The summed E-state index contributed by atoms with van der Waals surface area (Å²) in [6.45, 7) is 8.07. The standard InChI is InChI=1S/C14H20O3/c1-6-17-11(4)14(15)13-10(3)7-9(2)8-12(13)16-5/h7-8,11H,6H2,1-5H3. The van der Waals surface area contributed by atoms with Crippen LogP contribution in [0.4, 0.5) is 0 Å². The molecule has 0 aromatic heterocycles. The third kappa shape index (κ3) is 3.07. The molecule has 0 aliphatic heterocycles. The average molecular weight is 236 g/mol. The first-order valence-electron chi connectivity index (χ1n) is 5.82. The van der Waals surface area contributed by atoms with Gasteiger partial charge >= 0.3 is 0 Å². The van der Waals surface area contributed by atoms with Crippen molar-refractivity contribution in [1.82, 2.24) is 0 Å². The van der Waals surface area contributed by atoms with E-state index in [4.69, 9.17) is 9.47 Å². The fourth-order valence-corrected chi connectivity index (χ4v) is 1.93. The maximum atomic E-state index is 12.2. The zero-order valence-corrected chi connectivity index (χ0v) is 11.2. The van der Waals surface area contributed by atoms with Crippen molar-refractivity contribution in [3.63, 3.8) is 0 Å². The summed E-state index contributed by atoms with van der Waals surface area (Å²) in [6.07, 6.45) is -0.435. The highest BCUT2D eigenvalue weighted by atomic mass is 16.5. The summed E-state index contributed by atoms with van der Waals surface area (Å²) in [4.78, 5) is 12.2. The summed E-state index contributed by atoms with van der Waals surface area (Å²) < 4.78 is 10.6. The van der Waals surface area contributed by atoms with Gasteiger partial charge in [0.2, 0.25) is 0 Å². The maximum Gasteiger partial charge on any atom is 0.195 e. The number of carbonyl (C=O) groups excluding carboxylic acids is 1. The van der Waals surface area contributed by atoms with Gasteiger partial charge in [-0.25, -0.2) is 0 Å². The van der Waals surface area contributed by atoms with Crippen molar-refractivity contribution in [3.8, 4) is 5.75 Å². The molecule has 1 unspecified atom stereocenters. The summed E-state index contributed by atoms with van der Waals surface area (Å²) in [5.74, 6) is 0.597. The van der Waals surface area contributed by atoms with E-state index < -0.39 is 6.10 Å². The van der Waals surface area contributed by atoms with E-state index in [-0.39, 0.29) is 5.78 Å². The molecular formula is C14H20O3. The number of hydrogen-bond acceptors (Lipinski definition) is 3. The molecule has 17 heavy (non-hydrogen) atoms. The Bertz CT molecular complexity index is 410. The van der Waals surface area contributed by atoms with Crippen molar-refractivity contribution < 1.29 is 14.3 Å². The van der Waals surface area contributed by atoms with Crippen LogP contribution in [0.2, 0.25) is 0 Å². The van der Waals surface area contributed by atoms with E-state index in [2.05, 4.69) is 0 Å². The minimum Gasteiger partial charge on any atom is -0.496 e. The predicted octanol–water partition coefficient (Wildman–Crippen LogP) is 2.92. The fraction of sp³-hybridized carbons (Fsp3) is 0.500. The molecule has 1 aromatic rings. The lowest BCUT2D eigenvalue weighted by atomic mass is 9.98. The van der Waals surface area contributed by atoms with Crippen LogP contribution in [0.3, 0.4) is 0 Å². The molecule has 0 amide bonds. The Morgan fingerprint density at radius 2 is 2.00 bits per heavy atom. The molecule has 3 heteroatoms. The van der Waals surface area contributed by atoms with Gasteiger partial charge < -0.3 is 9.47 Å². The fourth-order valence-electron chi connectivity index (χ4n) is 1.93. The Kier molecular flexibility index (Phi) is 4.70. The van der Waals surface area contributed by atoms with E-state index in [0.717, 1.165) is 11.1 Å². The molecule has 1 aromatic carbocycles. The minimum absolute atomic E-state index is 0.0267. The van der Waals surface area contributed by atoms with Crippen LogP contribution in [-0.4, -0.2) is 25.6 Å². The molecule has 0 bridgehead atoms. The van der Waals surface area contributed by atoms with Crippen molar-refractivity contribution in [2.45, 2.75) is 33.8 Å². The number of methoxy groups -OCH3 is 1. The SMILES string of the molecule is CCOC(C)C(=O)c1c(C)cc(C)cc1OC. The number of benzene rings is 1. The van der Waals surface area contributed by atoms with Crippen LogP contribution in [0.15, 0.2) is 12.1 Å². The number of rotatable bonds is 5. The zero-order chi connectivity index (χ0) is 13.0. The molecule has 0 saturated heterocycles. The highest BCUT2D eigenvalue weighted by Gasteiger charge is 2.21. The first-order chi connectivity index (χ1) is 8.01. The topological polar surface area (TPSA) is 35.5 Å². The van der Waals surface area contributed by atoms with Crippen molar-refractivity contribution in [1.29, 1.82) is 0 Å². The van der Waals surface area contributed by atoms with Crippen molar-refractivity contribution in [2.24, 2.45) is 0 Å². The molecule has 94 valence electrons. The van der Waals surface area contributed by atoms with E-state index in [1.54, 1.807) is 14.0 Å². The number of Topliss-reactive ketones (excluding diaryl/α,β-unsaturated/α-hetero) is 1. The van der Waals surface area contributed by atoms with Gasteiger partial charge in [-0.15, -0.1) is 0 Å². The molecule has 0 heterocycles. The molecule has 0 N–H and O–H groups in total. The first kappa shape index (κ1) is 13.7. The van der Waals surface area contributed by atoms with Crippen molar-refractivity contribution >= 4 is 5.78 Å². The molecule has 0 saturated carbocycles. The van der Waals surface area contributed by atoms with Crippen LogP contribution in [-0.2, 0) is 4.74 Å². The maximum absolute atomic E-state index is 12.2. The van der Waals surface area contributed by atoms with Crippen LogP contribution in [0.1, 0.15) is 35.3 Å². The second-order valence-electron chi connectivity index (χ2n) is 4.12. The second kappa shape index (κ2) is 5.82. The van der Waals surface area contributed by atoms with Gasteiger partial charge in [-0.2, -0.15) is 0 Å². The highest BCUT2D eigenvalue weighted by molar-refractivity contribution is 6.03. The Hall–Kier alpha value is -1.35. The first-order valence-corrected chi connectivity index (χ1v) is 5.82. The normalized spacial score (nSPS) is 12.3. The van der Waals surface area contributed by atoms with Crippen LogP contribution in [0.25, 0.3) is 0 Å². The van der Waals surface area contributed by atoms with Gasteiger partial charge in [-0.1, -0.05) is 6.07 Å². The smallest absolute Gasteiger partial charge is 0.195 e. The van der Waals surface area contributed by atoms with Crippen molar-refractivity contribution in [2.75, 3.05) is 13.7 Å². The van der Waals surface area contributed by atoms with Crippen LogP contribution in [0, 0.1) is 13.8 Å². The molecule has 0 radical (unpaired) electrons. The van der Waals surface area contributed by atoms with Gasteiger partial charge in [0.15, 0.2) is 5.78 Å². The monoisotopic (exact) mass is 236 g/mol. The summed E-state index contributed by atoms with van der Waals surface area (Å²) in [5.41, 5.74) is 2.64. The number of aryl methyl sites for hydroxylation is 2. The summed E-state index contributed by atoms with van der Waals surface area (Å²) in [5, 5.41) is 0. The van der Waals surface area contributed by atoms with Gasteiger partial charge in [0.25, 0.3) is 0 Å².